The van der Waals surface area contributed by atoms with Gasteiger partial charge in [0.2, 0.25) is 5.91 Å². The molecule has 0 saturated carbocycles. The number of likely N-dealkylation sites (tertiary alicyclic amines) is 1. The highest BCUT2D eigenvalue weighted by atomic mass is 79.9. The Kier molecular flexibility index (Phi) is 5.36. The van der Waals surface area contributed by atoms with Gasteiger partial charge in [0.25, 0.3) is 0 Å². The molecule has 1 aromatic rings. The third-order valence-corrected chi connectivity index (χ3v) is 3.94. The lowest BCUT2D eigenvalue weighted by Gasteiger charge is -2.32. The molecule has 104 valence electrons. The number of rotatable bonds is 4. The number of halogens is 1. The van der Waals surface area contributed by atoms with Crippen molar-refractivity contribution >= 4 is 21.8 Å². The van der Waals surface area contributed by atoms with Crippen LogP contribution in [0.3, 0.4) is 0 Å². The zero-order valence-corrected chi connectivity index (χ0v) is 12.4. The molecule has 1 aliphatic rings. The Labute approximate surface area is 121 Å². The number of amides is 1. The predicted molar refractivity (Wildman–Crippen MR) is 77.7 cm³/mol. The van der Waals surface area contributed by atoms with Gasteiger partial charge in [-0.05, 0) is 30.5 Å². The minimum Gasteiger partial charge on any atom is -0.387 e. The minimum absolute atomic E-state index is 0.209. The zero-order valence-electron chi connectivity index (χ0n) is 10.8. The molecule has 4 nitrogen and oxygen atoms in total. The van der Waals surface area contributed by atoms with E-state index in [1.165, 1.54) is 5.56 Å². The molecule has 1 heterocycles. The number of piperidine rings is 1. The second kappa shape index (κ2) is 7.03. The SMILES string of the molecule is O=C(CO)NC1CCN(Cc2ccc(Br)cc2)CC1. The van der Waals surface area contributed by atoms with E-state index in [4.69, 9.17) is 5.11 Å². The average Bonchev–Trinajstić information content (AvgIpc) is 2.43. The third kappa shape index (κ3) is 4.60. The van der Waals surface area contributed by atoms with Gasteiger partial charge in [0, 0.05) is 30.1 Å². The molecule has 19 heavy (non-hydrogen) atoms. The molecule has 0 aromatic heterocycles. The maximum Gasteiger partial charge on any atom is 0.245 e. The van der Waals surface area contributed by atoms with Crippen molar-refractivity contribution in [3.8, 4) is 0 Å². The molecular weight excluding hydrogens is 308 g/mol. The van der Waals surface area contributed by atoms with Gasteiger partial charge in [-0.15, -0.1) is 0 Å². The quantitative estimate of drug-likeness (QED) is 0.882. The van der Waals surface area contributed by atoms with Crippen LogP contribution in [0.2, 0.25) is 0 Å². The van der Waals surface area contributed by atoms with Crippen molar-refractivity contribution < 1.29 is 9.90 Å². The number of hydrogen-bond acceptors (Lipinski definition) is 3. The molecule has 1 aliphatic heterocycles. The fraction of sp³-hybridized carbons (Fsp3) is 0.500. The van der Waals surface area contributed by atoms with Crippen molar-refractivity contribution in [1.29, 1.82) is 0 Å². The Morgan fingerprint density at radius 2 is 1.95 bits per heavy atom. The highest BCUT2D eigenvalue weighted by Gasteiger charge is 2.20. The Balaban J connectivity index is 1.77. The molecule has 0 bridgehead atoms. The van der Waals surface area contributed by atoms with Gasteiger partial charge in [0.15, 0.2) is 0 Å². The minimum atomic E-state index is -0.418. The standard InChI is InChI=1S/C14H19BrN2O2/c15-12-3-1-11(2-4-12)9-17-7-5-13(6-8-17)16-14(19)10-18/h1-4,13,18H,5-10H2,(H,16,19). The van der Waals surface area contributed by atoms with Crippen LogP contribution in [0.25, 0.3) is 0 Å². The van der Waals surface area contributed by atoms with Crippen molar-refractivity contribution in [3.05, 3.63) is 34.3 Å². The zero-order chi connectivity index (χ0) is 13.7. The number of aliphatic hydroxyl groups excluding tert-OH is 1. The van der Waals surface area contributed by atoms with Crippen LogP contribution in [0.1, 0.15) is 18.4 Å². The van der Waals surface area contributed by atoms with Crippen molar-refractivity contribution in [2.24, 2.45) is 0 Å². The van der Waals surface area contributed by atoms with Gasteiger partial charge in [0.05, 0.1) is 0 Å². The van der Waals surface area contributed by atoms with Gasteiger partial charge in [0.1, 0.15) is 6.61 Å². The second-order valence-corrected chi connectivity index (χ2v) is 5.82. The van der Waals surface area contributed by atoms with Crippen LogP contribution in [-0.4, -0.2) is 41.7 Å². The van der Waals surface area contributed by atoms with Crippen LogP contribution in [-0.2, 0) is 11.3 Å². The lowest BCUT2D eigenvalue weighted by atomic mass is 10.0. The molecule has 0 spiro atoms. The van der Waals surface area contributed by atoms with Gasteiger partial charge >= 0.3 is 0 Å². The Bertz CT molecular complexity index is 414. The molecule has 0 radical (unpaired) electrons. The molecule has 2 rings (SSSR count). The van der Waals surface area contributed by atoms with Crippen molar-refractivity contribution in [1.82, 2.24) is 10.2 Å². The van der Waals surface area contributed by atoms with Gasteiger partial charge in [-0.2, -0.15) is 0 Å². The summed E-state index contributed by atoms with van der Waals surface area (Å²) in [7, 11) is 0. The first-order valence-corrected chi connectivity index (χ1v) is 7.33. The summed E-state index contributed by atoms with van der Waals surface area (Å²) in [6.07, 6.45) is 1.89. The summed E-state index contributed by atoms with van der Waals surface area (Å²) in [5.74, 6) is -0.272. The topological polar surface area (TPSA) is 52.6 Å². The van der Waals surface area contributed by atoms with Gasteiger partial charge < -0.3 is 10.4 Å². The maximum atomic E-state index is 11.1. The summed E-state index contributed by atoms with van der Waals surface area (Å²) in [6.45, 7) is 2.49. The van der Waals surface area contributed by atoms with Crippen LogP contribution >= 0.6 is 15.9 Å². The molecule has 0 atom stereocenters. The first kappa shape index (κ1) is 14.5. The van der Waals surface area contributed by atoms with Crippen LogP contribution in [0.15, 0.2) is 28.7 Å². The lowest BCUT2D eigenvalue weighted by molar-refractivity contribution is -0.124. The number of aliphatic hydroxyl groups is 1. The summed E-state index contributed by atoms with van der Waals surface area (Å²) in [5, 5.41) is 11.5. The highest BCUT2D eigenvalue weighted by Crippen LogP contribution is 2.16. The molecular formula is C14H19BrN2O2. The van der Waals surface area contributed by atoms with Crippen molar-refractivity contribution in [2.45, 2.75) is 25.4 Å². The molecule has 5 heteroatoms. The first-order valence-electron chi connectivity index (χ1n) is 6.54. The highest BCUT2D eigenvalue weighted by molar-refractivity contribution is 9.10. The number of carbonyl (C=O) groups excluding carboxylic acids is 1. The molecule has 1 amide bonds. The second-order valence-electron chi connectivity index (χ2n) is 4.90. The van der Waals surface area contributed by atoms with Crippen molar-refractivity contribution in [2.75, 3.05) is 19.7 Å². The number of hydrogen-bond donors (Lipinski definition) is 2. The molecule has 1 saturated heterocycles. The van der Waals surface area contributed by atoms with E-state index in [1.807, 2.05) is 0 Å². The van der Waals surface area contributed by atoms with E-state index in [9.17, 15) is 4.79 Å². The lowest BCUT2D eigenvalue weighted by Crippen LogP contribution is -2.45. The van der Waals surface area contributed by atoms with E-state index in [1.54, 1.807) is 0 Å². The molecule has 0 aliphatic carbocycles. The van der Waals surface area contributed by atoms with E-state index < -0.39 is 6.61 Å². The number of benzene rings is 1. The Morgan fingerprint density at radius 1 is 1.32 bits per heavy atom. The molecule has 0 unspecified atom stereocenters. The van der Waals surface area contributed by atoms with E-state index in [-0.39, 0.29) is 11.9 Å². The van der Waals surface area contributed by atoms with Gasteiger partial charge in [-0.3, -0.25) is 9.69 Å². The van der Waals surface area contributed by atoms with Crippen LogP contribution in [0.4, 0.5) is 0 Å². The monoisotopic (exact) mass is 326 g/mol. The fourth-order valence-electron chi connectivity index (χ4n) is 2.36. The van der Waals surface area contributed by atoms with E-state index in [0.717, 1.165) is 36.9 Å². The number of nitrogens with one attached hydrogen (secondary N) is 1. The Morgan fingerprint density at radius 3 is 2.53 bits per heavy atom. The maximum absolute atomic E-state index is 11.1. The first-order chi connectivity index (χ1) is 9.17. The summed E-state index contributed by atoms with van der Waals surface area (Å²) in [6, 6.07) is 8.58. The summed E-state index contributed by atoms with van der Waals surface area (Å²) >= 11 is 3.43. The van der Waals surface area contributed by atoms with Gasteiger partial charge in [-0.1, -0.05) is 28.1 Å². The molecule has 2 N–H and O–H groups in total. The fourth-order valence-corrected chi connectivity index (χ4v) is 2.62. The number of nitrogens with zero attached hydrogens (tertiary/aromatic N) is 1. The normalized spacial score (nSPS) is 17.4. The van der Waals surface area contributed by atoms with E-state index in [0.29, 0.717) is 0 Å². The number of carbonyl (C=O) groups is 1. The smallest absolute Gasteiger partial charge is 0.245 e. The van der Waals surface area contributed by atoms with Crippen LogP contribution < -0.4 is 5.32 Å². The summed E-state index contributed by atoms with van der Waals surface area (Å²) in [4.78, 5) is 13.5. The largest absolute Gasteiger partial charge is 0.387 e. The van der Waals surface area contributed by atoms with Crippen molar-refractivity contribution in [3.63, 3.8) is 0 Å². The molecule has 1 fully saturated rings. The predicted octanol–water partition coefficient (Wildman–Crippen LogP) is 1.52. The van der Waals surface area contributed by atoms with Crippen LogP contribution in [0.5, 0.6) is 0 Å². The summed E-state index contributed by atoms with van der Waals surface area (Å²) in [5.41, 5.74) is 1.31. The average molecular weight is 327 g/mol. The molecule has 1 aromatic carbocycles. The van der Waals surface area contributed by atoms with E-state index >= 15 is 0 Å². The Hall–Kier alpha value is -0.910. The third-order valence-electron chi connectivity index (χ3n) is 3.42. The van der Waals surface area contributed by atoms with E-state index in [2.05, 4.69) is 50.4 Å². The van der Waals surface area contributed by atoms with Gasteiger partial charge in [-0.25, -0.2) is 0 Å². The van der Waals surface area contributed by atoms with Crippen LogP contribution in [0, 0.1) is 0 Å². The summed E-state index contributed by atoms with van der Waals surface area (Å²) < 4.78 is 1.10.